The van der Waals surface area contributed by atoms with Gasteiger partial charge in [0.15, 0.2) is 8.03 Å². The van der Waals surface area contributed by atoms with E-state index in [1.54, 1.807) is 0 Å². The Kier molecular flexibility index (Phi) is 6.65. The summed E-state index contributed by atoms with van der Waals surface area (Å²) in [4.78, 5) is 20.2. The van der Waals surface area contributed by atoms with E-state index in [4.69, 9.17) is 4.89 Å². The van der Waals surface area contributed by atoms with Crippen LogP contribution in [0.5, 0.6) is 0 Å². The number of hydrogen-bond acceptors (Lipinski definition) is 3. The second-order valence-corrected chi connectivity index (χ2v) is 5.29. The second kappa shape index (κ2) is 8.03. The van der Waals surface area contributed by atoms with Crippen LogP contribution in [0, 0.1) is 0 Å². The third kappa shape index (κ3) is 5.96. The van der Waals surface area contributed by atoms with Crippen molar-refractivity contribution in [3.63, 3.8) is 0 Å². The van der Waals surface area contributed by atoms with E-state index >= 15 is 0 Å². The van der Waals surface area contributed by atoms with Gasteiger partial charge in [0.25, 0.3) is 0 Å². The lowest BCUT2D eigenvalue weighted by Crippen LogP contribution is -2.28. The minimum Gasteiger partial charge on any atom is -0.346 e. The minimum absolute atomic E-state index is 0.102. The Balaban J connectivity index is 2.25. The summed E-state index contributed by atoms with van der Waals surface area (Å²) in [5.74, 6) is -0.364. The predicted octanol–water partition coefficient (Wildman–Crippen LogP) is 1.69. The first-order valence-corrected chi connectivity index (χ1v) is 7.41. The van der Waals surface area contributed by atoms with Gasteiger partial charge in [-0.05, 0) is 18.4 Å². The van der Waals surface area contributed by atoms with Gasteiger partial charge in [-0.1, -0.05) is 30.3 Å². The molecule has 1 atom stereocenters. The molecule has 0 aliphatic carbocycles. The monoisotopic (exact) mass is 271 g/mol. The molecule has 0 bridgehead atoms. The summed E-state index contributed by atoms with van der Waals surface area (Å²) in [5.41, 5.74) is 1.04. The number of nitrogens with zero attached hydrogens (tertiary/aromatic N) is 1. The van der Waals surface area contributed by atoms with Gasteiger partial charge in [0.1, 0.15) is 0 Å². The van der Waals surface area contributed by atoms with Crippen molar-refractivity contribution < 1.29 is 19.5 Å². The summed E-state index contributed by atoms with van der Waals surface area (Å²) in [6, 6.07) is 9.55. The number of amides is 1. The maximum atomic E-state index is 11.5. The first kappa shape index (κ1) is 14.9. The number of aryl methyl sites for hydroxylation is 1. The van der Waals surface area contributed by atoms with Gasteiger partial charge in [0.2, 0.25) is 5.91 Å². The Labute approximate surface area is 107 Å². The zero-order valence-electron chi connectivity index (χ0n) is 10.1. The SMILES string of the molecule is O=C(CCc1ccccc1)N(O)CCC[PH](=O)O. The third-order valence-corrected chi connectivity index (χ3v) is 3.30. The second-order valence-electron chi connectivity index (χ2n) is 4.00. The highest BCUT2D eigenvalue weighted by Gasteiger charge is 2.10. The number of carbonyl (C=O) groups excluding carboxylic acids is 1. The van der Waals surface area contributed by atoms with Gasteiger partial charge in [0.05, 0.1) is 0 Å². The van der Waals surface area contributed by atoms with Gasteiger partial charge in [0, 0.05) is 19.1 Å². The topological polar surface area (TPSA) is 77.8 Å². The van der Waals surface area contributed by atoms with Crippen LogP contribution in [0.1, 0.15) is 18.4 Å². The van der Waals surface area contributed by atoms with E-state index in [2.05, 4.69) is 0 Å². The van der Waals surface area contributed by atoms with Crippen LogP contribution in [-0.4, -0.2) is 33.8 Å². The molecule has 1 aromatic carbocycles. The highest BCUT2D eigenvalue weighted by molar-refractivity contribution is 7.37. The standard InChI is InChI=1S/C12H18NO4P/c14-12(13(15)9-4-10-18(16)17)8-7-11-5-2-1-3-6-11/h1-3,5-6,15,18H,4,7-10H2,(H,16,17). The Morgan fingerprint density at radius 3 is 2.56 bits per heavy atom. The number of benzene rings is 1. The molecule has 18 heavy (non-hydrogen) atoms. The van der Waals surface area contributed by atoms with Crippen LogP contribution in [-0.2, 0) is 15.8 Å². The molecule has 0 spiro atoms. The smallest absolute Gasteiger partial charge is 0.246 e. The fourth-order valence-electron chi connectivity index (χ4n) is 1.53. The molecule has 0 aliphatic rings. The highest BCUT2D eigenvalue weighted by atomic mass is 31.1. The number of hydrogen-bond donors (Lipinski definition) is 2. The first-order chi connectivity index (χ1) is 8.59. The van der Waals surface area contributed by atoms with E-state index in [1.165, 1.54) is 0 Å². The summed E-state index contributed by atoms with van der Waals surface area (Å²) >= 11 is 0. The summed E-state index contributed by atoms with van der Waals surface area (Å²) in [6.07, 6.45) is 1.28. The molecule has 6 heteroatoms. The van der Waals surface area contributed by atoms with Crippen LogP contribution in [0.4, 0.5) is 0 Å². The van der Waals surface area contributed by atoms with E-state index in [-0.39, 0.29) is 25.0 Å². The van der Waals surface area contributed by atoms with Crippen LogP contribution < -0.4 is 0 Å². The van der Waals surface area contributed by atoms with Crippen molar-refractivity contribution in [1.82, 2.24) is 5.06 Å². The van der Waals surface area contributed by atoms with Gasteiger partial charge in [-0.25, -0.2) is 5.06 Å². The maximum absolute atomic E-state index is 11.5. The van der Waals surface area contributed by atoms with Crippen LogP contribution >= 0.6 is 8.03 Å². The molecule has 1 amide bonds. The van der Waals surface area contributed by atoms with Crippen molar-refractivity contribution in [2.24, 2.45) is 0 Å². The van der Waals surface area contributed by atoms with Gasteiger partial charge >= 0.3 is 0 Å². The summed E-state index contributed by atoms with van der Waals surface area (Å²) in [5, 5.41) is 10.1. The van der Waals surface area contributed by atoms with Gasteiger partial charge in [-0.2, -0.15) is 0 Å². The Morgan fingerprint density at radius 1 is 1.28 bits per heavy atom. The van der Waals surface area contributed by atoms with E-state index in [0.29, 0.717) is 17.9 Å². The third-order valence-electron chi connectivity index (χ3n) is 2.52. The fourth-order valence-corrected chi connectivity index (χ4v) is 1.99. The molecule has 100 valence electrons. The molecule has 0 heterocycles. The Morgan fingerprint density at radius 2 is 1.94 bits per heavy atom. The lowest BCUT2D eigenvalue weighted by Gasteiger charge is -2.14. The molecule has 1 rings (SSSR count). The highest BCUT2D eigenvalue weighted by Crippen LogP contribution is 2.13. The van der Waals surface area contributed by atoms with E-state index in [0.717, 1.165) is 5.56 Å². The average molecular weight is 271 g/mol. The molecule has 2 N–H and O–H groups in total. The van der Waals surface area contributed by atoms with Crippen molar-refractivity contribution in [3.05, 3.63) is 35.9 Å². The minimum atomic E-state index is -2.51. The molecule has 1 aromatic rings. The Bertz CT molecular complexity index is 396. The van der Waals surface area contributed by atoms with E-state index < -0.39 is 8.03 Å². The van der Waals surface area contributed by atoms with Gasteiger partial charge in [-0.15, -0.1) is 0 Å². The largest absolute Gasteiger partial charge is 0.346 e. The van der Waals surface area contributed by atoms with E-state index in [1.807, 2.05) is 30.3 Å². The van der Waals surface area contributed by atoms with Crippen LogP contribution in [0.25, 0.3) is 0 Å². The van der Waals surface area contributed by atoms with E-state index in [9.17, 15) is 14.6 Å². The molecule has 0 radical (unpaired) electrons. The zero-order chi connectivity index (χ0) is 13.4. The van der Waals surface area contributed by atoms with Gasteiger partial charge < -0.3 is 4.89 Å². The maximum Gasteiger partial charge on any atom is 0.246 e. The van der Waals surface area contributed by atoms with Crippen molar-refractivity contribution in [1.29, 1.82) is 0 Å². The van der Waals surface area contributed by atoms with Crippen LogP contribution in [0.3, 0.4) is 0 Å². The molecule has 1 unspecified atom stereocenters. The molecular weight excluding hydrogens is 253 g/mol. The van der Waals surface area contributed by atoms with Crippen molar-refractivity contribution in [3.8, 4) is 0 Å². The normalized spacial score (nSPS) is 12.1. The molecule has 0 saturated heterocycles. The summed E-state index contributed by atoms with van der Waals surface area (Å²) in [6.45, 7) is 0.102. The van der Waals surface area contributed by atoms with Crippen molar-refractivity contribution >= 4 is 13.9 Å². The van der Waals surface area contributed by atoms with Crippen molar-refractivity contribution in [2.75, 3.05) is 12.7 Å². The molecular formula is C12H18NO4P. The lowest BCUT2D eigenvalue weighted by molar-refractivity contribution is -0.165. The van der Waals surface area contributed by atoms with Crippen LogP contribution in [0.15, 0.2) is 30.3 Å². The number of rotatable bonds is 7. The number of hydroxylamine groups is 2. The molecule has 0 aliphatic heterocycles. The molecule has 5 nitrogen and oxygen atoms in total. The fraction of sp³-hybridized carbons (Fsp3) is 0.417. The zero-order valence-corrected chi connectivity index (χ0v) is 11.1. The molecule has 0 aromatic heterocycles. The average Bonchev–Trinajstić information content (AvgIpc) is 2.36. The van der Waals surface area contributed by atoms with Gasteiger partial charge in [-0.3, -0.25) is 14.6 Å². The molecule has 0 fully saturated rings. The first-order valence-electron chi connectivity index (χ1n) is 5.84. The molecule has 0 saturated carbocycles. The summed E-state index contributed by atoms with van der Waals surface area (Å²) < 4.78 is 10.5. The quantitative estimate of drug-likeness (QED) is 0.449. The number of carbonyl (C=O) groups is 1. The Hall–Kier alpha value is -1.16. The lowest BCUT2D eigenvalue weighted by atomic mass is 10.1. The predicted molar refractivity (Wildman–Crippen MR) is 69.0 cm³/mol. The summed E-state index contributed by atoms with van der Waals surface area (Å²) in [7, 11) is -2.51. The van der Waals surface area contributed by atoms with Crippen molar-refractivity contribution in [2.45, 2.75) is 19.3 Å². The van der Waals surface area contributed by atoms with Crippen LogP contribution in [0.2, 0.25) is 0 Å².